The van der Waals surface area contributed by atoms with Gasteiger partial charge in [0.25, 0.3) is 0 Å². The lowest BCUT2D eigenvalue weighted by atomic mass is 10.1. The molecule has 0 fully saturated rings. The van der Waals surface area contributed by atoms with E-state index in [1.165, 1.54) is 6.07 Å². The largest absolute Gasteiger partial charge is 0.329 e. The molecule has 90 valence electrons. The summed E-state index contributed by atoms with van der Waals surface area (Å²) in [6.45, 7) is 3.75. The predicted octanol–water partition coefficient (Wildman–Crippen LogP) is 0.852. The van der Waals surface area contributed by atoms with Crippen LogP contribution in [0.1, 0.15) is 11.1 Å². The van der Waals surface area contributed by atoms with Crippen molar-refractivity contribution >= 4 is 0 Å². The van der Waals surface area contributed by atoms with Crippen LogP contribution >= 0.6 is 0 Å². The zero-order valence-electron chi connectivity index (χ0n) is 9.91. The van der Waals surface area contributed by atoms with E-state index in [4.69, 9.17) is 11.5 Å². The molecule has 0 aliphatic carbocycles. The average molecular weight is 225 g/mol. The molecule has 0 aromatic heterocycles. The highest BCUT2D eigenvalue weighted by atomic mass is 19.1. The number of nitrogens with zero attached hydrogens (tertiary/aromatic N) is 1. The number of benzene rings is 1. The SMILES string of the molecule is Cc1cc(CN(C)CC(N)CN)ccc1F. The van der Waals surface area contributed by atoms with Crippen molar-refractivity contribution in [1.82, 2.24) is 4.90 Å². The van der Waals surface area contributed by atoms with Gasteiger partial charge in [0.2, 0.25) is 0 Å². The summed E-state index contributed by atoms with van der Waals surface area (Å²) < 4.78 is 13.1. The fourth-order valence-electron chi connectivity index (χ4n) is 1.66. The Morgan fingerprint density at radius 2 is 2.12 bits per heavy atom. The normalized spacial score (nSPS) is 13.1. The van der Waals surface area contributed by atoms with Crippen molar-refractivity contribution in [2.75, 3.05) is 20.1 Å². The van der Waals surface area contributed by atoms with Crippen LogP contribution in [0, 0.1) is 12.7 Å². The first-order valence-corrected chi connectivity index (χ1v) is 5.42. The maximum atomic E-state index is 13.1. The highest BCUT2D eigenvalue weighted by Crippen LogP contribution is 2.10. The van der Waals surface area contributed by atoms with Crippen LogP contribution in [-0.2, 0) is 6.54 Å². The van der Waals surface area contributed by atoms with Crippen LogP contribution in [0.25, 0.3) is 0 Å². The number of aryl methyl sites for hydroxylation is 1. The second kappa shape index (κ2) is 5.94. The van der Waals surface area contributed by atoms with Gasteiger partial charge in [-0.1, -0.05) is 12.1 Å². The van der Waals surface area contributed by atoms with Crippen LogP contribution in [0.2, 0.25) is 0 Å². The standard InChI is InChI=1S/C12H20FN3/c1-9-5-10(3-4-12(9)13)7-16(2)8-11(15)6-14/h3-5,11H,6-8,14-15H2,1-2H3. The minimum absolute atomic E-state index is 0.00783. The first kappa shape index (κ1) is 13.1. The summed E-state index contributed by atoms with van der Waals surface area (Å²) in [7, 11) is 1.98. The van der Waals surface area contributed by atoms with Gasteiger partial charge in [-0.25, -0.2) is 4.39 Å². The summed E-state index contributed by atoms with van der Waals surface area (Å²) in [6, 6.07) is 5.15. The molecule has 0 heterocycles. The molecule has 4 heteroatoms. The molecule has 1 aromatic carbocycles. The molecule has 0 amide bonds. The van der Waals surface area contributed by atoms with Crippen LogP contribution in [0.3, 0.4) is 0 Å². The number of hydrogen-bond donors (Lipinski definition) is 2. The molecule has 3 nitrogen and oxygen atoms in total. The highest BCUT2D eigenvalue weighted by Gasteiger charge is 2.06. The van der Waals surface area contributed by atoms with Crippen molar-refractivity contribution in [1.29, 1.82) is 0 Å². The molecular weight excluding hydrogens is 205 g/mol. The Balaban J connectivity index is 2.56. The Kier molecular flexibility index (Phi) is 4.86. The van der Waals surface area contributed by atoms with Crippen molar-refractivity contribution in [3.05, 3.63) is 35.1 Å². The second-order valence-corrected chi connectivity index (χ2v) is 4.28. The van der Waals surface area contributed by atoms with Crippen LogP contribution in [0.5, 0.6) is 0 Å². The van der Waals surface area contributed by atoms with Crippen LogP contribution in [-0.4, -0.2) is 31.1 Å². The highest BCUT2D eigenvalue weighted by molar-refractivity contribution is 5.23. The molecule has 16 heavy (non-hydrogen) atoms. The van der Waals surface area contributed by atoms with E-state index in [2.05, 4.69) is 4.90 Å². The Morgan fingerprint density at radius 3 is 2.69 bits per heavy atom. The molecule has 1 atom stereocenters. The summed E-state index contributed by atoms with van der Waals surface area (Å²) in [5.74, 6) is -0.162. The Hall–Kier alpha value is -0.970. The van der Waals surface area contributed by atoms with E-state index in [9.17, 15) is 4.39 Å². The van der Waals surface area contributed by atoms with Gasteiger partial charge >= 0.3 is 0 Å². The first-order chi connectivity index (χ1) is 7.52. The molecule has 0 aliphatic heterocycles. The smallest absolute Gasteiger partial charge is 0.126 e. The zero-order chi connectivity index (χ0) is 12.1. The van der Waals surface area contributed by atoms with Crippen molar-refractivity contribution in [2.24, 2.45) is 11.5 Å². The molecule has 0 saturated heterocycles. The zero-order valence-corrected chi connectivity index (χ0v) is 9.91. The topological polar surface area (TPSA) is 55.3 Å². The third-order valence-electron chi connectivity index (χ3n) is 2.52. The minimum Gasteiger partial charge on any atom is -0.329 e. The second-order valence-electron chi connectivity index (χ2n) is 4.28. The number of hydrogen-bond acceptors (Lipinski definition) is 3. The fraction of sp³-hybridized carbons (Fsp3) is 0.500. The molecular formula is C12H20FN3. The summed E-state index contributed by atoms with van der Waals surface area (Å²) in [4.78, 5) is 2.09. The van der Waals surface area contributed by atoms with Gasteiger partial charge < -0.3 is 16.4 Å². The van der Waals surface area contributed by atoms with Gasteiger partial charge in [-0.15, -0.1) is 0 Å². The monoisotopic (exact) mass is 225 g/mol. The summed E-state index contributed by atoms with van der Waals surface area (Å²) in [5, 5.41) is 0. The maximum absolute atomic E-state index is 13.1. The fourth-order valence-corrected chi connectivity index (χ4v) is 1.66. The predicted molar refractivity (Wildman–Crippen MR) is 64.5 cm³/mol. The minimum atomic E-state index is -0.162. The molecule has 1 unspecified atom stereocenters. The van der Waals surface area contributed by atoms with Gasteiger partial charge in [0, 0.05) is 25.7 Å². The first-order valence-electron chi connectivity index (χ1n) is 5.42. The Labute approximate surface area is 96.2 Å². The van der Waals surface area contributed by atoms with Crippen molar-refractivity contribution in [3.8, 4) is 0 Å². The van der Waals surface area contributed by atoms with E-state index >= 15 is 0 Å². The van der Waals surface area contributed by atoms with Gasteiger partial charge in [-0.2, -0.15) is 0 Å². The third kappa shape index (κ3) is 3.89. The summed E-state index contributed by atoms with van der Waals surface area (Å²) >= 11 is 0. The number of likely N-dealkylation sites (N-methyl/N-ethyl adjacent to an activating group) is 1. The lowest BCUT2D eigenvalue weighted by molar-refractivity contribution is 0.305. The summed E-state index contributed by atoms with van der Waals surface area (Å²) in [5.41, 5.74) is 13.0. The van der Waals surface area contributed by atoms with Crippen molar-refractivity contribution in [2.45, 2.75) is 19.5 Å². The van der Waals surface area contributed by atoms with Gasteiger partial charge in [-0.05, 0) is 31.2 Å². The Morgan fingerprint density at radius 1 is 1.44 bits per heavy atom. The molecule has 0 spiro atoms. The number of nitrogens with two attached hydrogens (primary N) is 2. The van der Waals surface area contributed by atoms with E-state index < -0.39 is 0 Å². The molecule has 1 rings (SSSR count). The van der Waals surface area contributed by atoms with Crippen LogP contribution in [0.15, 0.2) is 18.2 Å². The molecule has 0 bridgehead atoms. The van der Waals surface area contributed by atoms with E-state index in [0.717, 1.165) is 18.7 Å². The lowest BCUT2D eigenvalue weighted by Crippen LogP contribution is -2.40. The van der Waals surface area contributed by atoms with Gasteiger partial charge in [0.1, 0.15) is 5.82 Å². The lowest BCUT2D eigenvalue weighted by Gasteiger charge is -2.20. The average Bonchev–Trinajstić information content (AvgIpc) is 2.23. The van der Waals surface area contributed by atoms with Crippen LogP contribution in [0.4, 0.5) is 4.39 Å². The van der Waals surface area contributed by atoms with Gasteiger partial charge in [0.05, 0.1) is 0 Å². The number of rotatable bonds is 5. The van der Waals surface area contributed by atoms with Crippen molar-refractivity contribution in [3.63, 3.8) is 0 Å². The maximum Gasteiger partial charge on any atom is 0.126 e. The quantitative estimate of drug-likeness (QED) is 0.781. The molecule has 4 N–H and O–H groups in total. The van der Waals surface area contributed by atoms with Gasteiger partial charge in [0.15, 0.2) is 0 Å². The van der Waals surface area contributed by atoms with Crippen molar-refractivity contribution < 1.29 is 4.39 Å². The summed E-state index contributed by atoms with van der Waals surface area (Å²) in [6.07, 6.45) is 0. The number of halogens is 1. The van der Waals surface area contributed by atoms with Crippen LogP contribution < -0.4 is 11.5 Å². The Bertz CT molecular complexity index is 341. The van der Waals surface area contributed by atoms with E-state index in [1.54, 1.807) is 13.0 Å². The molecule has 0 aliphatic rings. The van der Waals surface area contributed by atoms with E-state index in [-0.39, 0.29) is 11.9 Å². The van der Waals surface area contributed by atoms with E-state index in [1.807, 2.05) is 13.1 Å². The molecule has 0 saturated carbocycles. The van der Waals surface area contributed by atoms with E-state index in [0.29, 0.717) is 12.1 Å². The third-order valence-corrected chi connectivity index (χ3v) is 2.52. The molecule has 1 aromatic rings. The van der Waals surface area contributed by atoms with Gasteiger partial charge in [-0.3, -0.25) is 0 Å². The molecule has 0 radical (unpaired) electrons.